The number of carbonyl (C=O) groups excluding carboxylic acids is 1. The van der Waals surface area contributed by atoms with Crippen molar-refractivity contribution < 1.29 is 19.4 Å². The van der Waals surface area contributed by atoms with E-state index in [1.54, 1.807) is 13.0 Å². The number of nitrogens with one attached hydrogen (secondary N) is 1. The van der Waals surface area contributed by atoms with Gasteiger partial charge in [-0.3, -0.25) is 4.79 Å². The summed E-state index contributed by atoms with van der Waals surface area (Å²) in [6.45, 7) is 7.46. The fourth-order valence-electron chi connectivity index (χ4n) is 1.92. The van der Waals surface area contributed by atoms with Crippen molar-refractivity contribution in [1.29, 1.82) is 0 Å². The summed E-state index contributed by atoms with van der Waals surface area (Å²) in [7, 11) is 0. The van der Waals surface area contributed by atoms with Crippen molar-refractivity contribution in [3.8, 4) is 0 Å². The van der Waals surface area contributed by atoms with Crippen molar-refractivity contribution in [3.63, 3.8) is 0 Å². The maximum absolute atomic E-state index is 11.8. The molecule has 1 atom stereocenters. The Labute approximate surface area is 113 Å². The van der Waals surface area contributed by atoms with E-state index in [2.05, 4.69) is 11.9 Å². The van der Waals surface area contributed by atoms with Crippen molar-refractivity contribution in [1.82, 2.24) is 10.2 Å². The first-order valence-corrected chi connectivity index (χ1v) is 6.44. The van der Waals surface area contributed by atoms with Gasteiger partial charge in [0, 0.05) is 19.6 Å². The van der Waals surface area contributed by atoms with E-state index in [1.165, 1.54) is 4.90 Å². The summed E-state index contributed by atoms with van der Waals surface area (Å²) in [5, 5.41) is 11.8. The zero-order valence-electron chi connectivity index (χ0n) is 11.4. The number of carbonyl (C=O) groups is 2. The fraction of sp³-hybridized carbons (Fsp3) is 0.692. The summed E-state index contributed by atoms with van der Waals surface area (Å²) >= 11 is 0. The molecule has 0 bridgehead atoms. The van der Waals surface area contributed by atoms with Crippen LogP contribution >= 0.6 is 0 Å². The summed E-state index contributed by atoms with van der Waals surface area (Å²) in [6, 6.07) is -0.225. The Morgan fingerprint density at radius 2 is 2.26 bits per heavy atom. The summed E-state index contributed by atoms with van der Waals surface area (Å²) in [5.41, 5.74) is -0.822. The number of urea groups is 1. The molecule has 1 unspecified atom stereocenters. The number of hydrogen-bond acceptors (Lipinski definition) is 3. The second-order valence-corrected chi connectivity index (χ2v) is 4.96. The second kappa shape index (κ2) is 7.13. The Kier molecular flexibility index (Phi) is 5.82. The molecular weight excluding hydrogens is 248 g/mol. The zero-order valence-corrected chi connectivity index (χ0v) is 11.4. The van der Waals surface area contributed by atoms with Crippen molar-refractivity contribution in [2.75, 3.05) is 32.8 Å². The van der Waals surface area contributed by atoms with E-state index >= 15 is 0 Å². The molecule has 0 spiro atoms. The average molecular weight is 270 g/mol. The molecule has 1 aliphatic rings. The van der Waals surface area contributed by atoms with Gasteiger partial charge in [-0.15, -0.1) is 6.58 Å². The molecule has 2 N–H and O–H groups in total. The number of carboxylic acids is 1. The minimum Gasteiger partial charge on any atom is -0.481 e. The predicted molar refractivity (Wildman–Crippen MR) is 71.0 cm³/mol. The average Bonchev–Trinajstić information content (AvgIpc) is 2.78. The smallest absolute Gasteiger partial charge is 0.317 e. The third kappa shape index (κ3) is 4.55. The van der Waals surface area contributed by atoms with Crippen LogP contribution in [0.4, 0.5) is 4.79 Å². The fourth-order valence-corrected chi connectivity index (χ4v) is 1.92. The number of amides is 2. The van der Waals surface area contributed by atoms with E-state index in [1.807, 2.05) is 0 Å². The third-order valence-corrected chi connectivity index (χ3v) is 3.27. The van der Waals surface area contributed by atoms with Gasteiger partial charge in [-0.05, 0) is 19.8 Å². The molecule has 0 aromatic heterocycles. The summed E-state index contributed by atoms with van der Waals surface area (Å²) in [4.78, 5) is 24.4. The van der Waals surface area contributed by atoms with Crippen molar-refractivity contribution in [3.05, 3.63) is 12.7 Å². The van der Waals surface area contributed by atoms with Crippen LogP contribution in [0.3, 0.4) is 0 Å². The quantitative estimate of drug-likeness (QED) is 0.536. The van der Waals surface area contributed by atoms with Crippen LogP contribution < -0.4 is 5.32 Å². The standard InChI is InChI=1S/C13H22N2O4/c1-3-4-8-19-9-6-14-12(18)15-7-5-13(2,10-15)11(16)17/h3H,1,4-10H2,2H3,(H,14,18)(H,16,17). The summed E-state index contributed by atoms with van der Waals surface area (Å²) < 4.78 is 5.27. The van der Waals surface area contributed by atoms with E-state index in [9.17, 15) is 9.59 Å². The Bertz CT molecular complexity index is 346. The third-order valence-electron chi connectivity index (χ3n) is 3.27. The van der Waals surface area contributed by atoms with Crippen molar-refractivity contribution in [2.24, 2.45) is 5.41 Å². The molecule has 1 rings (SSSR count). The van der Waals surface area contributed by atoms with Gasteiger partial charge in [0.25, 0.3) is 0 Å². The predicted octanol–water partition coefficient (Wildman–Crippen LogP) is 1.09. The summed E-state index contributed by atoms with van der Waals surface area (Å²) in [6.07, 6.45) is 3.05. The van der Waals surface area contributed by atoms with Crippen LogP contribution in [0.5, 0.6) is 0 Å². The van der Waals surface area contributed by atoms with Crippen molar-refractivity contribution >= 4 is 12.0 Å². The van der Waals surface area contributed by atoms with Crippen LogP contribution in [0.1, 0.15) is 19.8 Å². The van der Waals surface area contributed by atoms with Crippen LogP contribution in [0.2, 0.25) is 0 Å². The van der Waals surface area contributed by atoms with Crippen LogP contribution in [0.15, 0.2) is 12.7 Å². The molecule has 1 fully saturated rings. The van der Waals surface area contributed by atoms with E-state index in [0.717, 1.165) is 6.42 Å². The largest absolute Gasteiger partial charge is 0.481 e. The molecular formula is C13H22N2O4. The second-order valence-electron chi connectivity index (χ2n) is 4.96. The number of rotatable bonds is 7. The Hall–Kier alpha value is -1.56. The lowest BCUT2D eigenvalue weighted by Gasteiger charge is -2.20. The molecule has 1 aliphatic heterocycles. The van der Waals surface area contributed by atoms with Gasteiger partial charge >= 0.3 is 12.0 Å². The van der Waals surface area contributed by atoms with E-state index in [-0.39, 0.29) is 12.6 Å². The molecule has 0 aliphatic carbocycles. The summed E-state index contributed by atoms with van der Waals surface area (Å²) in [5.74, 6) is -0.851. The first kappa shape index (κ1) is 15.5. The number of aliphatic carboxylic acids is 1. The minimum atomic E-state index is -0.851. The molecule has 0 radical (unpaired) electrons. The molecule has 2 amide bonds. The highest BCUT2D eigenvalue weighted by molar-refractivity contribution is 5.79. The maximum Gasteiger partial charge on any atom is 0.317 e. The van der Waals surface area contributed by atoms with Gasteiger partial charge in [0.1, 0.15) is 0 Å². The maximum atomic E-state index is 11.8. The molecule has 0 aromatic rings. The number of ether oxygens (including phenoxy) is 1. The van der Waals surface area contributed by atoms with Gasteiger partial charge in [-0.2, -0.15) is 0 Å². The number of carboxylic acid groups (broad SMARTS) is 1. The number of nitrogens with zero attached hydrogens (tertiary/aromatic N) is 1. The molecule has 6 heteroatoms. The Morgan fingerprint density at radius 1 is 1.53 bits per heavy atom. The lowest BCUT2D eigenvalue weighted by atomic mass is 9.90. The Balaban J connectivity index is 2.21. The van der Waals surface area contributed by atoms with Crippen LogP contribution in [-0.4, -0.2) is 54.9 Å². The number of likely N-dealkylation sites (tertiary alicyclic amines) is 1. The molecule has 0 aromatic carbocycles. The van der Waals surface area contributed by atoms with E-state index in [4.69, 9.17) is 9.84 Å². The molecule has 6 nitrogen and oxygen atoms in total. The normalized spacial score (nSPS) is 22.3. The van der Waals surface area contributed by atoms with Gasteiger partial charge in [-0.1, -0.05) is 6.08 Å². The molecule has 108 valence electrons. The lowest BCUT2D eigenvalue weighted by molar-refractivity contribution is -0.147. The Morgan fingerprint density at radius 3 is 2.84 bits per heavy atom. The van der Waals surface area contributed by atoms with Gasteiger partial charge in [0.05, 0.1) is 18.6 Å². The molecule has 0 saturated carbocycles. The van der Waals surface area contributed by atoms with Gasteiger partial charge in [-0.25, -0.2) is 4.79 Å². The van der Waals surface area contributed by atoms with Crippen LogP contribution in [0, 0.1) is 5.41 Å². The monoisotopic (exact) mass is 270 g/mol. The first-order chi connectivity index (χ1) is 8.99. The van der Waals surface area contributed by atoms with Gasteiger partial charge in [0.15, 0.2) is 0 Å². The van der Waals surface area contributed by atoms with Crippen LogP contribution in [-0.2, 0) is 9.53 Å². The SMILES string of the molecule is C=CCCOCCNC(=O)N1CCC(C)(C(=O)O)C1. The number of hydrogen-bond donors (Lipinski definition) is 2. The zero-order chi connectivity index (χ0) is 14.3. The molecule has 1 heterocycles. The van der Waals surface area contributed by atoms with Gasteiger partial charge in [0.2, 0.25) is 0 Å². The van der Waals surface area contributed by atoms with Crippen molar-refractivity contribution in [2.45, 2.75) is 19.8 Å². The van der Waals surface area contributed by atoms with Crippen LogP contribution in [0.25, 0.3) is 0 Å². The highest BCUT2D eigenvalue weighted by atomic mass is 16.5. The molecule has 19 heavy (non-hydrogen) atoms. The lowest BCUT2D eigenvalue weighted by Crippen LogP contribution is -2.42. The highest BCUT2D eigenvalue weighted by Gasteiger charge is 2.42. The van der Waals surface area contributed by atoms with E-state index in [0.29, 0.717) is 32.7 Å². The van der Waals surface area contributed by atoms with E-state index < -0.39 is 11.4 Å². The topological polar surface area (TPSA) is 78.9 Å². The van der Waals surface area contributed by atoms with Gasteiger partial charge < -0.3 is 20.1 Å². The first-order valence-electron chi connectivity index (χ1n) is 6.44. The highest BCUT2D eigenvalue weighted by Crippen LogP contribution is 2.29. The minimum absolute atomic E-state index is 0.225. The molecule has 1 saturated heterocycles.